The highest BCUT2D eigenvalue weighted by molar-refractivity contribution is 6.88. The monoisotopic (exact) mass is 770 g/mol. The molecule has 3 aliphatic carbocycles. The number of nitrogens with zero attached hydrogens (tertiary/aromatic N) is 2. The summed E-state index contributed by atoms with van der Waals surface area (Å²) in [6.45, 7) is 7.17. The number of benzene rings is 5. The summed E-state index contributed by atoms with van der Waals surface area (Å²) < 4.78 is 13.5. The number of hydrogen-bond donors (Lipinski definition) is 0. The zero-order valence-electron chi connectivity index (χ0n) is 33.2. The average molecular weight is 771 g/mol. The second kappa shape index (κ2) is 14.7. The maximum atomic E-state index is 6.78. The van der Waals surface area contributed by atoms with Gasteiger partial charge < -0.3 is 19.3 Å². The van der Waals surface area contributed by atoms with Gasteiger partial charge in [0.15, 0.2) is 0 Å². The van der Waals surface area contributed by atoms with Gasteiger partial charge in [-0.2, -0.15) is 0 Å². The van der Waals surface area contributed by atoms with Crippen LogP contribution in [-0.4, -0.2) is 8.07 Å². The lowest BCUT2D eigenvalue weighted by Gasteiger charge is -2.32. The molecule has 4 nitrogen and oxygen atoms in total. The highest BCUT2D eigenvalue weighted by Crippen LogP contribution is 2.46. The maximum absolute atomic E-state index is 6.78. The van der Waals surface area contributed by atoms with Crippen molar-refractivity contribution >= 4 is 52.8 Å². The van der Waals surface area contributed by atoms with Crippen LogP contribution in [0.4, 0.5) is 28.4 Å². The predicted octanol–water partition coefficient (Wildman–Crippen LogP) is 13.6. The molecule has 0 N–H and O–H groups in total. The van der Waals surface area contributed by atoms with Crippen molar-refractivity contribution in [2.24, 2.45) is 5.92 Å². The fourth-order valence-electron chi connectivity index (χ4n) is 8.55. The Hall–Kier alpha value is -6.56. The van der Waals surface area contributed by atoms with E-state index in [4.69, 9.17) is 9.47 Å². The van der Waals surface area contributed by atoms with Gasteiger partial charge in [-0.1, -0.05) is 116 Å². The first-order valence-corrected chi connectivity index (χ1v) is 23.9. The van der Waals surface area contributed by atoms with E-state index >= 15 is 0 Å². The molecule has 0 radical (unpaired) electrons. The molecule has 0 spiro atoms. The molecule has 4 bridgehead atoms. The van der Waals surface area contributed by atoms with E-state index < -0.39 is 8.07 Å². The zero-order chi connectivity index (χ0) is 39.2. The van der Waals surface area contributed by atoms with Gasteiger partial charge in [-0.3, -0.25) is 0 Å². The molecule has 0 amide bonds. The van der Waals surface area contributed by atoms with Crippen LogP contribution >= 0.6 is 0 Å². The van der Waals surface area contributed by atoms with Crippen LogP contribution in [0.15, 0.2) is 205 Å². The lowest BCUT2D eigenvalue weighted by Crippen LogP contribution is -2.37. The van der Waals surface area contributed by atoms with Crippen molar-refractivity contribution < 1.29 is 9.47 Å². The lowest BCUT2D eigenvalue weighted by molar-refractivity contribution is 0.403. The lowest BCUT2D eigenvalue weighted by atomic mass is 9.87. The smallest absolute Gasteiger partial charge is 0.136 e. The van der Waals surface area contributed by atoms with Crippen molar-refractivity contribution in [3.05, 3.63) is 216 Å². The van der Waals surface area contributed by atoms with E-state index in [0.29, 0.717) is 18.8 Å². The van der Waals surface area contributed by atoms with Crippen molar-refractivity contribution in [1.29, 1.82) is 0 Å². The number of para-hydroxylation sites is 2. The Morgan fingerprint density at radius 1 is 0.552 bits per heavy atom. The second-order valence-corrected chi connectivity index (χ2v) is 21.6. The van der Waals surface area contributed by atoms with Crippen LogP contribution in [0.1, 0.15) is 30.4 Å². The summed E-state index contributed by atoms with van der Waals surface area (Å²) >= 11 is 0. The minimum atomic E-state index is -1.44. The Morgan fingerprint density at radius 2 is 1.09 bits per heavy atom. The molecule has 284 valence electrons. The van der Waals surface area contributed by atoms with E-state index in [0.717, 1.165) is 69.0 Å². The summed E-state index contributed by atoms with van der Waals surface area (Å²) in [6.07, 6.45) is 24.7. The molecule has 58 heavy (non-hydrogen) atoms. The van der Waals surface area contributed by atoms with E-state index in [1.54, 1.807) is 0 Å². The SMILES string of the molecule is C[Si](C)(C)c1ccc(N(c2ccccc2)c2ccc3c(c2)O/C2=C/C=C4\C/C(=C\C=C\3C2)Oc2cc(N(C3=CCC5C=CC=CC5=C3)c3ccccc3)ccc24)cc1. The number of ether oxygens (including phenoxy) is 2. The first-order chi connectivity index (χ1) is 28.3. The van der Waals surface area contributed by atoms with Gasteiger partial charge in [0.2, 0.25) is 0 Å². The van der Waals surface area contributed by atoms with E-state index in [2.05, 4.69) is 212 Å². The second-order valence-electron chi connectivity index (χ2n) is 16.6. The molecule has 0 saturated carbocycles. The van der Waals surface area contributed by atoms with Gasteiger partial charge in [0.25, 0.3) is 0 Å². The van der Waals surface area contributed by atoms with Crippen molar-refractivity contribution in [3.63, 3.8) is 0 Å². The number of fused-ring (bicyclic) bond motifs is 9. The van der Waals surface area contributed by atoms with Crippen molar-refractivity contribution in [2.45, 2.75) is 38.9 Å². The molecule has 1 atom stereocenters. The molecule has 5 aliphatic rings. The summed E-state index contributed by atoms with van der Waals surface area (Å²) in [6, 6.07) is 43.6. The average Bonchev–Trinajstić information content (AvgIpc) is 3.25. The van der Waals surface area contributed by atoms with Gasteiger partial charge in [0.05, 0.1) is 8.07 Å². The minimum Gasteiger partial charge on any atom is -0.461 e. The summed E-state index contributed by atoms with van der Waals surface area (Å²) in [5, 5.41) is 1.45. The topological polar surface area (TPSA) is 24.9 Å². The Bertz CT molecular complexity index is 2670. The van der Waals surface area contributed by atoms with Gasteiger partial charge in [-0.25, -0.2) is 0 Å². The van der Waals surface area contributed by atoms with Crippen LogP contribution in [-0.2, 0) is 0 Å². The standard InChI is InChI=1S/C53H46N2O2Si/c1-58(2,3)49-28-22-43(23-29-49)54(41-14-6-4-7-15-41)45-24-30-50-39-19-27-48-34-40(20-26-47(33-39)56-52(50)35-45)51-31-25-46(36-53(51)57-48)55(42-16-8-5-9-17-42)44-21-18-37-12-10-11-13-38(37)32-44/h4-17,19-32,35-37H,18,33-34H2,1-3H3/b39-19+,40-20+,47-26+,48-27+. The normalized spacial score (nSPS) is 21.2. The first-order valence-electron chi connectivity index (χ1n) is 20.4. The molecule has 5 heteroatoms. The molecule has 1 unspecified atom stereocenters. The van der Waals surface area contributed by atoms with Crippen LogP contribution in [0.3, 0.4) is 0 Å². The molecule has 5 aromatic carbocycles. The molecule has 0 saturated heterocycles. The van der Waals surface area contributed by atoms with Crippen LogP contribution in [0.5, 0.6) is 11.5 Å². The Kier molecular flexibility index (Phi) is 9.11. The van der Waals surface area contributed by atoms with Crippen LogP contribution in [0.2, 0.25) is 19.6 Å². The van der Waals surface area contributed by atoms with E-state index in [1.165, 1.54) is 27.6 Å². The largest absolute Gasteiger partial charge is 0.461 e. The maximum Gasteiger partial charge on any atom is 0.136 e. The Labute approximate surface area is 343 Å². The predicted molar refractivity (Wildman–Crippen MR) is 244 cm³/mol. The molecule has 2 aliphatic heterocycles. The van der Waals surface area contributed by atoms with Gasteiger partial charge in [-0.05, 0) is 102 Å². The van der Waals surface area contributed by atoms with Crippen LogP contribution in [0.25, 0.3) is 11.1 Å². The van der Waals surface area contributed by atoms with Gasteiger partial charge in [0, 0.05) is 76.2 Å². The van der Waals surface area contributed by atoms with E-state index in [1.807, 2.05) is 0 Å². The summed E-state index contributed by atoms with van der Waals surface area (Å²) in [5.41, 5.74) is 12.6. The molecular formula is C53H46N2O2Si. The number of allylic oxidation sites excluding steroid dienone is 13. The Balaban J connectivity index is 0.996. The van der Waals surface area contributed by atoms with Crippen molar-refractivity contribution in [2.75, 3.05) is 9.80 Å². The molecule has 2 heterocycles. The first kappa shape index (κ1) is 35.8. The number of anilines is 5. The van der Waals surface area contributed by atoms with Gasteiger partial charge in [0.1, 0.15) is 23.0 Å². The Morgan fingerprint density at radius 3 is 1.67 bits per heavy atom. The molecular weight excluding hydrogens is 725 g/mol. The number of rotatable bonds is 7. The summed E-state index contributed by atoms with van der Waals surface area (Å²) in [4.78, 5) is 4.66. The van der Waals surface area contributed by atoms with Crippen molar-refractivity contribution in [3.8, 4) is 11.5 Å². The highest BCUT2D eigenvalue weighted by Gasteiger charge is 2.27. The van der Waals surface area contributed by atoms with Gasteiger partial charge >= 0.3 is 0 Å². The third-order valence-electron chi connectivity index (χ3n) is 11.6. The van der Waals surface area contributed by atoms with E-state index in [-0.39, 0.29) is 0 Å². The van der Waals surface area contributed by atoms with Crippen LogP contribution in [0, 0.1) is 5.92 Å². The molecule has 5 aromatic rings. The molecule has 0 aromatic heterocycles. The molecule has 10 rings (SSSR count). The third kappa shape index (κ3) is 6.92. The third-order valence-corrected chi connectivity index (χ3v) is 13.7. The fourth-order valence-corrected chi connectivity index (χ4v) is 9.72. The number of hydrogen-bond acceptors (Lipinski definition) is 4. The molecule has 0 fully saturated rings. The fraction of sp³-hybridized carbons (Fsp3) is 0.132. The zero-order valence-corrected chi connectivity index (χ0v) is 34.2. The highest BCUT2D eigenvalue weighted by atomic mass is 28.3. The van der Waals surface area contributed by atoms with E-state index in [9.17, 15) is 0 Å². The summed E-state index contributed by atoms with van der Waals surface area (Å²) in [7, 11) is -1.44. The van der Waals surface area contributed by atoms with Crippen molar-refractivity contribution in [1.82, 2.24) is 0 Å². The van der Waals surface area contributed by atoms with Gasteiger partial charge in [-0.15, -0.1) is 0 Å². The minimum absolute atomic E-state index is 0.430. The van der Waals surface area contributed by atoms with Crippen LogP contribution < -0.4 is 24.5 Å². The summed E-state index contributed by atoms with van der Waals surface area (Å²) in [5.74, 6) is 3.99. The quantitative estimate of drug-likeness (QED) is 0.154.